The summed E-state index contributed by atoms with van der Waals surface area (Å²) >= 11 is 0. The van der Waals surface area contributed by atoms with Gasteiger partial charge in [0.15, 0.2) is 0 Å². The minimum Gasteiger partial charge on any atom is -0.497 e. The van der Waals surface area contributed by atoms with Gasteiger partial charge in [-0.3, -0.25) is 14.9 Å². The third-order valence-corrected chi connectivity index (χ3v) is 4.84. The fourth-order valence-corrected chi connectivity index (χ4v) is 3.18. The van der Waals surface area contributed by atoms with E-state index < -0.39 is 6.04 Å². The summed E-state index contributed by atoms with van der Waals surface area (Å²) in [7, 11) is 1.59. The summed E-state index contributed by atoms with van der Waals surface area (Å²) in [6, 6.07) is 6.35. The summed E-state index contributed by atoms with van der Waals surface area (Å²) < 4.78 is 5.11. The van der Waals surface area contributed by atoms with Crippen molar-refractivity contribution in [1.29, 1.82) is 0 Å². The van der Waals surface area contributed by atoms with Crippen LogP contribution in [-0.2, 0) is 9.59 Å². The van der Waals surface area contributed by atoms with E-state index in [2.05, 4.69) is 27.4 Å². The van der Waals surface area contributed by atoms with Gasteiger partial charge in [-0.2, -0.15) is 0 Å². The Morgan fingerprint density at radius 2 is 2.04 bits per heavy atom. The lowest BCUT2D eigenvalue weighted by Gasteiger charge is -2.35. The Hall–Kier alpha value is -2.61. The third kappa shape index (κ3) is 4.32. The zero-order chi connectivity index (χ0) is 18.5. The molecule has 0 spiro atoms. The Bertz CT molecular complexity index is 681. The first-order chi connectivity index (χ1) is 12.6. The summed E-state index contributed by atoms with van der Waals surface area (Å²) in [5.74, 6) is 0.787. The number of carbonyl (C=O) groups excluding carboxylic acids is 2. The topological polar surface area (TPSA) is 87.5 Å². The Balaban J connectivity index is 1.65. The van der Waals surface area contributed by atoms with Crippen LogP contribution in [0.1, 0.15) is 13.3 Å². The second kappa shape index (κ2) is 8.18. The van der Waals surface area contributed by atoms with Crippen LogP contribution >= 0.6 is 0 Å². The van der Waals surface area contributed by atoms with E-state index in [4.69, 9.17) is 4.74 Å². The van der Waals surface area contributed by atoms with E-state index in [9.17, 15) is 9.59 Å². The number of methoxy groups -OCH3 is 1. The van der Waals surface area contributed by atoms with Gasteiger partial charge in [0, 0.05) is 5.69 Å². The van der Waals surface area contributed by atoms with E-state index in [1.54, 1.807) is 31.4 Å². The number of aliphatic imine (C=N–C) groups is 1. The van der Waals surface area contributed by atoms with Crippen LogP contribution in [-0.4, -0.2) is 68.5 Å². The Morgan fingerprint density at radius 3 is 2.65 bits per heavy atom. The van der Waals surface area contributed by atoms with Crippen LogP contribution in [0.3, 0.4) is 0 Å². The molecule has 2 aliphatic heterocycles. The molecule has 2 aliphatic rings. The first-order valence-electron chi connectivity index (χ1n) is 9.00. The highest BCUT2D eigenvalue weighted by molar-refractivity contribution is 6.05. The number of rotatable bonds is 4. The highest BCUT2D eigenvalue weighted by atomic mass is 16.5. The second-order valence-electron chi connectivity index (χ2n) is 6.53. The van der Waals surface area contributed by atoms with Gasteiger partial charge in [-0.15, -0.1) is 0 Å². The summed E-state index contributed by atoms with van der Waals surface area (Å²) in [6.07, 6.45) is 0.0612. The molecule has 1 atom stereocenters. The van der Waals surface area contributed by atoms with Crippen molar-refractivity contribution in [2.24, 2.45) is 4.99 Å². The Morgan fingerprint density at radius 1 is 1.35 bits per heavy atom. The maximum Gasteiger partial charge on any atom is 0.249 e. The minimum atomic E-state index is -0.711. The van der Waals surface area contributed by atoms with E-state index in [0.29, 0.717) is 17.4 Å². The highest BCUT2D eigenvalue weighted by Gasteiger charge is 2.31. The van der Waals surface area contributed by atoms with Crippen LogP contribution in [0.15, 0.2) is 29.3 Å². The van der Waals surface area contributed by atoms with Gasteiger partial charge in [-0.05, 0) is 31.2 Å². The van der Waals surface area contributed by atoms with Gasteiger partial charge < -0.3 is 19.9 Å². The molecule has 0 radical (unpaired) electrons. The van der Waals surface area contributed by atoms with Gasteiger partial charge in [0.05, 0.1) is 46.3 Å². The average Bonchev–Trinajstić information content (AvgIpc) is 2.68. The van der Waals surface area contributed by atoms with Crippen molar-refractivity contribution in [3.05, 3.63) is 24.3 Å². The van der Waals surface area contributed by atoms with Gasteiger partial charge in [0.1, 0.15) is 11.8 Å². The molecule has 0 unspecified atom stereocenters. The molecule has 0 aromatic heterocycles. The number of quaternary nitrogens is 1. The first kappa shape index (κ1) is 18.2. The van der Waals surface area contributed by atoms with Crippen LogP contribution in [0.5, 0.6) is 5.75 Å². The van der Waals surface area contributed by atoms with Crippen molar-refractivity contribution in [2.45, 2.75) is 19.4 Å². The molecule has 3 rings (SSSR count). The van der Waals surface area contributed by atoms with Crippen LogP contribution in [0, 0.1) is 0 Å². The number of likely N-dealkylation sites (N-methyl/N-ethyl adjacent to an activating group) is 1. The molecule has 8 heteroatoms. The largest absolute Gasteiger partial charge is 0.497 e. The summed E-state index contributed by atoms with van der Waals surface area (Å²) in [5, 5.41) is 5.63. The van der Waals surface area contributed by atoms with Crippen molar-refractivity contribution in [3.8, 4) is 5.75 Å². The quantitative estimate of drug-likeness (QED) is 0.649. The normalized spacial score (nSPS) is 21.0. The molecular formula is C18H26N5O3+. The number of benzene rings is 1. The molecule has 2 heterocycles. The number of ether oxygens (including phenoxy) is 1. The first-order valence-corrected chi connectivity index (χ1v) is 9.00. The smallest absolute Gasteiger partial charge is 0.249 e. The lowest BCUT2D eigenvalue weighted by Crippen LogP contribution is -3.14. The lowest BCUT2D eigenvalue weighted by molar-refractivity contribution is -0.902. The van der Waals surface area contributed by atoms with Crippen LogP contribution < -0.4 is 20.3 Å². The monoisotopic (exact) mass is 360 g/mol. The maximum absolute atomic E-state index is 12.5. The summed E-state index contributed by atoms with van der Waals surface area (Å²) in [6.45, 7) is 6.94. The zero-order valence-corrected chi connectivity index (χ0v) is 15.2. The summed E-state index contributed by atoms with van der Waals surface area (Å²) in [5.41, 5.74) is 0.652. The molecule has 0 bridgehead atoms. The predicted molar refractivity (Wildman–Crippen MR) is 98.4 cm³/mol. The summed E-state index contributed by atoms with van der Waals surface area (Å²) in [4.78, 5) is 32.7. The van der Waals surface area contributed by atoms with Crippen molar-refractivity contribution < 1.29 is 19.2 Å². The molecule has 0 aliphatic carbocycles. The number of nitrogens with zero attached hydrogens (tertiary/aromatic N) is 2. The minimum absolute atomic E-state index is 0.0612. The average molecular weight is 360 g/mol. The molecule has 26 heavy (non-hydrogen) atoms. The van der Waals surface area contributed by atoms with Gasteiger partial charge in [0.25, 0.3) is 0 Å². The number of anilines is 1. The number of piperazine rings is 1. The third-order valence-electron chi connectivity index (χ3n) is 4.84. The van der Waals surface area contributed by atoms with Gasteiger partial charge in [-0.25, -0.2) is 4.99 Å². The van der Waals surface area contributed by atoms with Crippen LogP contribution in [0.25, 0.3) is 0 Å². The van der Waals surface area contributed by atoms with E-state index in [0.717, 1.165) is 32.7 Å². The molecule has 3 N–H and O–H groups in total. The van der Waals surface area contributed by atoms with E-state index >= 15 is 0 Å². The number of carbonyl (C=O) groups is 2. The van der Waals surface area contributed by atoms with Crippen molar-refractivity contribution in [2.75, 3.05) is 45.2 Å². The van der Waals surface area contributed by atoms with E-state index in [1.807, 2.05) is 0 Å². The maximum atomic E-state index is 12.5. The Labute approximate surface area is 153 Å². The molecule has 1 aromatic carbocycles. The number of hydrogen-bond donors (Lipinski definition) is 3. The second-order valence-corrected chi connectivity index (χ2v) is 6.53. The molecule has 1 saturated heterocycles. The zero-order valence-electron chi connectivity index (χ0n) is 15.2. The molecule has 0 saturated carbocycles. The number of guanidine groups is 1. The fraction of sp³-hybridized carbons (Fsp3) is 0.500. The molecule has 1 fully saturated rings. The van der Waals surface area contributed by atoms with Crippen molar-refractivity contribution in [1.82, 2.24) is 10.2 Å². The standard InChI is InChI=1S/C18H25N5O3/c1-3-22-8-10-23(11-9-22)18-20-15(12-16(24)21-18)17(25)19-13-4-6-14(26-2)7-5-13/h4-7,15H,3,8-12H2,1-2H3,(H,19,25)(H,20,21,24)/p+1/t15-/m1/s1. The predicted octanol–water partition coefficient (Wildman–Crippen LogP) is -0.901. The van der Waals surface area contributed by atoms with Crippen molar-refractivity contribution >= 4 is 23.5 Å². The highest BCUT2D eigenvalue weighted by Crippen LogP contribution is 2.16. The fourth-order valence-electron chi connectivity index (χ4n) is 3.18. The van der Waals surface area contributed by atoms with E-state index in [1.165, 1.54) is 4.90 Å². The number of amides is 2. The van der Waals surface area contributed by atoms with Gasteiger partial charge in [0.2, 0.25) is 17.8 Å². The molecule has 8 nitrogen and oxygen atoms in total. The number of nitrogens with one attached hydrogen (secondary N) is 3. The number of hydrogen-bond acceptors (Lipinski definition) is 5. The van der Waals surface area contributed by atoms with E-state index in [-0.39, 0.29) is 18.2 Å². The van der Waals surface area contributed by atoms with Gasteiger partial charge >= 0.3 is 0 Å². The lowest BCUT2D eigenvalue weighted by atomic mass is 10.1. The Kier molecular flexibility index (Phi) is 5.72. The molecule has 2 amide bonds. The molecule has 1 aromatic rings. The molecular weight excluding hydrogens is 334 g/mol. The SMILES string of the molecule is CC[NH+]1CCN(C2=N[C@@H](C(=O)Nc3ccc(OC)cc3)CC(=O)N2)CC1. The van der Waals surface area contributed by atoms with Crippen molar-refractivity contribution in [3.63, 3.8) is 0 Å². The molecule has 140 valence electrons. The van der Waals surface area contributed by atoms with Crippen LogP contribution in [0.4, 0.5) is 5.69 Å². The van der Waals surface area contributed by atoms with Crippen LogP contribution in [0.2, 0.25) is 0 Å². The van der Waals surface area contributed by atoms with Gasteiger partial charge in [-0.1, -0.05) is 0 Å².